The molecule has 6 nitrogen and oxygen atoms in total. The van der Waals surface area contributed by atoms with Gasteiger partial charge in [-0.3, -0.25) is 4.79 Å². The van der Waals surface area contributed by atoms with Gasteiger partial charge in [-0.15, -0.1) is 0 Å². The summed E-state index contributed by atoms with van der Waals surface area (Å²) < 4.78 is 15.8. The van der Waals surface area contributed by atoms with Crippen LogP contribution in [0.15, 0.2) is 33.5 Å². The fraction of sp³-hybridized carbons (Fsp3) is 0.375. The number of nitrogens with zero attached hydrogens (tertiary/aromatic N) is 1. The standard InChI is InChI=1S/C16H17NO5/c1-2-21-11-3-4-12-13(10-15(18)22-14(12)9-11)16(19)17-5-7-20-8-6-17/h3-4,9-10H,2,5-8H2,1H3. The Morgan fingerprint density at radius 1 is 1.27 bits per heavy atom. The smallest absolute Gasteiger partial charge is 0.337 e. The highest BCUT2D eigenvalue weighted by Crippen LogP contribution is 2.24. The Hall–Kier alpha value is -2.34. The zero-order valence-electron chi connectivity index (χ0n) is 12.3. The van der Waals surface area contributed by atoms with E-state index in [1.54, 1.807) is 23.1 Å². The summed E-state index contributed by atoms with van der Waals surface area (Å²) in [6.45, 7) is 4.47. The molecule has 1 amide bonds. The molecule has 1 aliphatic rings. The molecular weight excluding hydrogens is 286 g/mol. The van der Waals surface area contributed by atoms with E-state index in [-0.39, 0.29) is 5.91 Å². The minimum Gasteiger partial charge on any atom is -0.494 e. The normalized spacial score (nSPS) is 15.0. The molecule has 0 spiro atoms. The van der Waals surface area contributed by atoms with E-state index in [4.69, 9.17) is 13.9 Å². The molecular formula is C16H17NO5. The van der Waals surface area contributed by atoms with Gasteiger partial charge in [0.1, 0.15) is 11.3 Å². The maximum Gasteiger partial charge on any atom is 0.337 e. The molecule has 1 aromatic heterocycles. The maximum absolute atomic E-state index is 12.6. The van der Waals surface area contributed by atoms with Crippen LogP contribution >= 0.6 is 0 Å². The lowest BCUT2D eigenvalue weighted by molar-refractivity contribution is 0.0304. The van der Waals surface area contributed by atoms with Gasteiger partial charge in [0, 0.05) is 30.6 Å². The van der Waals surface area contributed by atoms with Gasteiger partial charge in [0.05, 0.1) is 25.4 Å². The number of benzene rings is 1. The zero-order chi connectivity index (χ0) is 15.5. The highest BCUT2D eigenvalue weighted by Gasteiger charge is 2.21. The van der Waals surface area contributed by atoms with E-state index < -0.39 is 5.63 Å². The van der Waals surface area contributed by atoms with Crippen LogP contribution in [0.2, 0.25) is 0 Å². The molecule has 6 heteroatoms. The third kappa shape index (κ3) is 2.82. The highest BCUT2D eigenvalue weighted by atomic mass is 16.5. The van der Waals surface area contributed by atoms with Crippen LogP contribution in [0, 0.1) is 0 Å². The fourth-order valence-corrected chi connectivity index (χ4v) is 2.51. The number of amides is 1. The molecule has 1 aliphatic heterocycles. The molecule has 0 bridgehead atoms. The third-order valence-corrected chi connectivity index (χ3v) is 3.56. The van der Waals surface area contributed by atoms with E-state index in [1.807, 2.05) is 6.92 Å². The number of ether oxygens (including phenoxy) is 2. The van der Waals surface area contributed by atoms with Crippen molar-refractivity contribution in [1.82, 2.24) is 4.90 Å². The van der Waals surface area contributed by atoms with Crippen molar-refractivity contribution in [3.63, 3.8) is 0 Å². The molecule has 2 heterocycles. The average molecular weight is 303 g/mol. The first-order valence-electron chi connectivity index (χ1n) is 7.27. The Balaban J connectivity index is 2.04. The average Bonchev–Trinajstić information content (AvgIpc) is 2.54. The molecule has 0 N–H and O–H groups in total. The zero-order valence-corrected chi connectivity index (χ0v) is 12.3. The molecule has 1 saturated heterocycles. The summed E-state index contributed by atoms with van der Waals surface area (Å²) >= 11 is 0. The predicted octanol–water partition coefficient (Wildman–Crippen LogP) is 1.66. The molecule has 3 rings (SSSR count). The SMILES string of the molecule is CCOc1ccc2c(C(=O)N3CCOCC3)cc(=O)oc2c1. The summed E-state index contributed by atoms with van der Waals surface area (Å²) in [6.07, 6.45) is 0. The second-order valence-corrected chi connectivity index (χ2v) is 4.97. The number of morpholine rings is 1. The highest BCUT2D eigenvalue weighted by molar-refractivity contribution is 6.05. The molecule has 1 aromatic carbocycles. The van der Waals surface area contributed by atoms with Crippen LogP contribution in [-0.2, 0) is 4.74 Å². The Morgan fingerprint density at radius 3 is 2.77 bits per heavy atom. The molecule has 22 heavy (non-hydrogen) atoms. The quantitative estimate of drug-likeness (QED) is 0.807. The van der Waals surface area contributed by atoms with Gasteiger partial charge >= 0.3 is 5.63 Å². The van der Waals surface area contributed by atoms with Crippen LogP contribution in [0.3, 0.4) is 0 Å². The van der Waals surface area contributed by atoms with Crippen LogP contribution in [0.1, 0.15) is 17.3 Å². The predicted molar refractivity (Wildman–Crippen MR) is 80.4 cm³/mol. The van der Waals surface area contributed by atoms with Gasteiger partial charge in [-0.2, -0.15) is 0 Å². The molecule has 116 valence electrons. The molecule has 0 saturated carbocycles. The summed E-state index contributed by atoms with van der Waals surface area (Å²) in [7, 11) is 0. The van der Waals surface area contributed by atoms with E-state index in [1.165, 1.54) is 6.07 Å². The van der Waals surface area contributed by atoms with Gasteiger partial charge in [-0.05, 0) is 19.1 Å². The molecule has 1 fully saturated rings. The van der Waals surface area contributed by atoms with Gasteiger partial charge in [0.15, 0.2) is 0 Å². The van der Waals surface area contributed by atoms with Crippen LogP contribution in [0.25, 0.3) is 11.0 Å². The summed E-state index contributed by atoms with van der Waals surface area (Å²) in [5.41, 5.74) is 0.170. The minimum atomic E-state index is -0.544. The Morgan fingerprint density at radius 2 is 2.05 bits per heavy atom. The lowest BCUT2D eigenvalue weighted by Crippen LogP contribution is -2.41. The van der Waals surface area contributed by atoms with E-state index in [2.05, 4.69) is 0 Å². The van der Waals surface area contributed by atoms with Crippen molar-refractivity contribution in [2.75, 3.05) is 32.9 Å². The van der Waals surface area contributed by atoms with Gasteiger partial charge in [-0.1, -0.05) is 0 Å². The third-order valence-electron chi connectivity index (χ3n) is 3.56. The fourth-order valence-electron chi connectivity index (χ4n) is 2.51. The first-order chi connectivity index (χ1) is 10.7. The van der Waals surface area contributed by atoms with Gasteiger partial charge < -0.3 is 18.8 Å². The van der Waals surface area contributed by atoms with Crippen LogP contribution in [-0.4, -0.2) is 43.7 Å². The Labute approximate surface area is 127 Å². The lowest BCUT2D eigenvalue weighted by atomic mass is 10.1. The van der Waals surface area contributed by atoms with Crippen molar-refractivity contribution < 1.29 is 18.7 Å². The number of hydrogen-bond donors (Lipinski definition) is 0. The Kier molecular flexibility index (Phi) is 4.11. The summed E-state index contributed by atoms with van der Waals surface area (Å²) in [4.78, 5) is 26.1. The maximum atomic E-state index is 12.6. The number of rotatable bonds is 3. The summed E-state index contributed by atoms with van der Waals surface area (Å²) in [5, 5.41) is 0.611. The van der Waals surface area contributed by atoms with Crippen molar-refractivity contribution in [3.05, 3.63) is 40.2 Å². The summed E-state index contributed by atoms with van der Waals surface area (Å²) in [5.74, 6) is 0.430. The number of carbonyl (C=O) groups excluding carboxylic acids is 1. The molecule has 2 aromatic rings. The number of fused-ring (bicyclic) bond motifs is 1. The van der Waals surface area contributed by atoms with Crippen molar-refractivity contribution in [3.8, 4) is 5.75 Å². The van der Waals surface area contributed by atoms with Gasteiger partial charge in [0.25, 0.3) is 5.91 Å². The number of carbonyl (C=O) groups is 1. The minimum absolute atomic E-state index is 0.176. The van der Waals surface area contributed by atoms with E-state index in [0.717, 1.165) is 0 Å². The van der Waals surface area contributed by atoms with Crippen molar-refractivity contribution in [2.24, 2.45) is 0 Å². The first-order valence-corrected chi connectivity index (χ1v) is 7.27. The van der Waals surface area contributed by atoms with Crippen molar-refractivity contribution >= 4 is 16.9 Å². The largest absolute Gasteiger partial charge is 0.494 e. The molecule has 0 aliphatic carbocycles. The Bertz CT molecular complexity index is 746. The van der Waals surface area contributed by atoms with Crippen molar-refractivity contribution in [2.45, 2.75) is 6.92 Å². The second-order valence-electron chi connectivity index (χ2n) is 4.97. The number of hydrogen-bond acceptors (Lipinski definition) is 5. The summed E-state index contributed by atoms with van der Waals surface area (Å²) in [6, 6.07) is 6.40. The van der Waals surface area contributed by atoms with Gasteiger partial charge in [-0.25, -0.2) is 4.79 Å². The van der Waals surface area contributed by atoms with Crippen molar-refractivity contribution in [1.29, 1.82) is 0 Å². The molecule has 0 radical (unpaired) electrons. The van der Waals surface area contributed by atoms with Gasteiger partial charge in [0.2, 0.25) is 0 Å². The van der Waals surface area contributed by atoms with E-state index >= 15 is 0 Å². The molecule has 0 unspecified atom stereocenters. The lowest BCUT2D eigenvalue weighted by Gasteiger charge is -2.27. The first kappa shape index (κ1) is 14.6. The van der Waals surface area contributed by atoms with Crippen LogP contribution in [0.5, 0.6) is 5.75 Å². The molecule has 0 atom stereocenters. The monoisotopic (exact) mass is 303 g/mol. The van der Waals surface area contributed by atoms with Crippen LogP contribution in [0.4, 0.5) is 0 Å². The topological polar surface area (TPSA) is 69.0 Å². The second kappa shape index (κ2) is 6.19. The van der Waals surface area contributed by atoms with Crippen LogP contribution < -0.4 is 10.4 Å². The van der Waals surface area contributed by atoms with E-state index in [0.29, 0.717) is 55.2 Å². The van der Waals surface area contributed by atoms with E-state index in [9.17, 15) is 9.59 Å².